The topological polar surface area (TPSA) is 84.9 Å². The second-order valence-corrected chi connectivity index (χ2v) is 9.03. The highest BCUT2D eigenvalue weighted by Crippen LogP contribution is 2.34. The van der Waals surface area contributed by atoms with Crippen LogP contribution in [0.4, 0.5) is 11.4 Å². The highest BCUT2D eigenvalue weighted by atomic mass is 35.5. The number of hydrogen-bond acceptors (Lipinski definition) is 5. The van der Waals surface area contributed by atoms with Crippen molar-refractivity contribution in [2.75, 3.05) is 23.0 Å². The molecule has 9 heteroatoms. The maximum atomic E-state index is 12.9. The molecule has 0 saturated carbocycles. The zero-order chi connectivity index (χ0) is 21.8. The first-order valence-electron chi connectivity index (χ1n) is 8.93. The van der Waals surface area contributed by atoms with E-state index in [0.717, 1.165) is 10.6 Å². The standard InChI is InChI=1S/C20H25ClN2O5S/c1-13(2)28-17-8-6-7-16(12-17)22-20(24)14(3)23(29(5,25)26)18-11-15(21)9-10-19(18)27-4/h6-14H,1-5H3,(H,22,24). The smallest absolute Gasteiger partial charge is 0.247 e. The molecule has 0 heterocycles. The Morgan fingerprint density at radius 3 is 2.41 bits per heavy atom. The van der Waals surface area contributed by atoms with Crippen molar-refractivity contribution >= 4 is 38.9 Å². The SMILES string of the molecule is COc1ccc(Cl)cc1N(C(C)C(=O)Nc1cccc(OC(C)C)c1)S(C)(=O)=O. The molecule has 1 unspecified atom stereocenters. The van der Waals surface area contributed by atoms with Gasteiger partial charge in [0.2, 0.25) is 15.9 Å². The fraction of sp³-hybridized carbons (Fsp3) is 0.350. The summed E-state index contributed by atoms with van der Waals surface area (Å²) in [4.78, 5) is 12.9. The Morgan fingerprint density at radius 2 is 1.83 bits per heavy atom. The highest BCUT2D eigenvalue weighted by Gasteiger charge is 2.31. The third-order valence-corrected chi connectivity index (χ3v) is 5.40. The largest absolute Gasteiger partial charge is 0.495 e. The van der Waals surface area contributed by atoms with Crippen molar-refractivity contribution in [1.29, 1.82) is 0 Å². The number of anilines is 2. The van der Waals surface area contributed by atoms with Gasteiger partial charge in [0.05, 0.1) is 25.2 Å². The fourth-order valence-corrected chi connectivity index (χ4v) is 4.12. The van der Waals surface area contributed by atoms with Gasteiger partial charge in [-0.1, -0.05) is 17.7 Å². The van der Waals surface area contributed by atoms with Crippen LogP contribution in [-0.2, 0) is 14.8 Å². The average Bonchev–Trinajstić information content (AvgIpc) is 2.60. The number of methoxy groups -OCH3 is 1. The summed E-state index contributed by atoms with van der Waals surface area (Å²) in [6.07, 6.45) is 1.00. The lowest BCUT2D eigenvalue weighted by Gasteiger charge is -2.29. The van der Waals surface area contributed by atoms with Crippen LogP contribution in [0.1, 0.15) is 20.8 Å². The van der Waals surface area contributed by atoms with Gasteiger partial charge in [-0.3, -0.25) is 9.10 Å². The fourth-order valence-electron chi connectivity index (χ4n) is 2.78. The second kappa shape index (κ2) is 9.37. The van der Waals surface area contributed by atoms with E-state index >= 15 is 0 Å². The zero-order valence-corrected chi connectivity index (χ0v) is 18.5. The number of hydrogen-bond donors (Lipinski definition) is 1. The second-order valence-electron chi connectivity index (χ2n) is 6.73. The number of amides is 1. The molecule has 0 aromatic heterocycles. The Morgan fingerprint density at radius 1 is 1.14 bits per heavy atom. The van der Waals surface area contributed by atoms with Crippen molar-refractivity contribution < 1.29 is 22.7 Å². The van der Waals surface area contributed by atoms with Crippen LogP contribution in [-0.4, -0.2) is 39.8 Å². The first-order chi connectivity index (χ1) is 13.5. The van der Waals surface area contributed by atoms with Gasteiger partial charge in [0.15, 0.2) is 0 Å². The molecule has 158 valence electrons. The van der Waals surface area contributed by atoms with E-state index in [4.69, 9.17) is 21.1 Å². The number of benzene rings is 2. The monoisotopic (exact) mass is 440 g/mol. The van der Waals surface area contributed by atoms with Crippen LogP contribution in [0, 0.1) is 0 Å². The lowest BCUT2D eigenvalue weighted by molar-refractivity contribution is -0.116. The van der Waals surface area contributed by atoms with Gasteiger partial charge in [-0.25, -0.2) is 8.42 Å². The molecule has 2 rings (SSSR count). The maximum absolute atomic E-state index is 12.9. The number of rotatable bonds is 8. The number of nitrogens with one attached hydrogen (secondary N) is 1. The molecular formula is C20H25ClN2O5S. The van der Waals surface area contributed by atoms with Crippen LogP contribution in [0.2, 0.25) is 5.02 Å². The first-order valence-corrected chi connectivity index (χ1v) is 11.2. The molecule has 0 fully saturated rings. The molecule has 0 saturated heterocycles. The summed E-state index contributed by atoms with van der Waals surface area (Å²) in [5.41, 5.74) is 0.675. The third kappa shape index (κ3) is 6.01. The quantitative estimate of drug-likeness (QED) is 0.672. The van der Waals surface area contributed by atoms with E-state index in [0.29, 0.717) is 16.5 Å². The van der Waals surface area contributed by atoms with Crippen molar-refractivity contribution in [3.8, 4) is 11.5 Å². The maximum Gasteiger partial charge on any atom is 0.247 e. The van der Waals surface area contributed by atoms with Crippen molar-refractivity contribution in [2.24, 2.45) is 0 Å². The van der Waals surface area contributed by atoms with Gasteiger partial charge in [0, 0.05) is 16.8 Å². The number of nitrogens with zero attached hydrogens (tertiary/aromatic N) is 1. The molecule has 2 aromatic rings. The molecule has 0 radical (unpaired) electrons. The summed E-state index contributed by atoms with van der Waals surface area (Å²) in [5, 5.41) is 3.05. The van der Waals surface area contributed by atoms with Crippen molar-refractivity contribution in [3.05, 3.63) is 47.5 Å². The van der Waals surface area contributed by atoms with Crippen LogP contribution < -0.4 is 19.1 Å². The third-order valence-electron chi connectivity index (χ3n) is 3.94. The number of carbonyl (C=O) groups is 1. The van der Waals surface area contributed by atoms with E-state index in [9.17, 15) is 13.2 Å². The molecule has 0 bridgehead atoms. The molecule has 0 aliphatic heterocycles. The average molecular weight is 441 g/mol. The lowest BCUT2D eigenvalue weighted by Crippen LogP contribution is -2.45. The minimum absolute atomic E-state index is 0.0177. The predicted molar refractivity (Wildman–Crippen MR) is 116 cm³/mol. The molecule has 1 amide bonds. The molecule has 0 aliphatic rings. The van der Waals surface area contributed by atoms with E-state index in [1.54, 1.807) is 36.4 Å². The Labute approximate surface area is 176 Å². The van der Waals surface area contributed by atoms with E-state index in [2.05, 4.69) is 5.32 Å². The molecule has 1 atom stereocenters. The van der Waals surface area contributed by atoms with E-state index in [-0.39, 0.29) is 17.5 Å². The van der Waals surface area contributed by atoms with Gasteiger partial charge in [0.25, 0.3) is 0 Å². The van der Waals surface area contributed by atoms with Gasteiger partial charge in [0.1, 0.15) is 17.5 Å². The summed E-state index contributed by atoms with van der Waals surface area (Å²) in [5.74, 6) is 0.368. The summed E-state index contributed by atoms with van der Waals surface area (Å²) >= 11 is 6.05. The minimum Gasteiger partial charge on any atom is -0.495 e. The Balaban J connectivity index is 2.35. The number of sulfonamides is 1. The number of halogens is 1. The summed E-state index contributed by atoms with van der Waals surface area (Å²) in [6.45, 7) is 5.29. The van der Waals surface area contributed by atoms with Gasteiger partial charge >= 0.3 is 0 Å². The summed E-state index contributed by atoms with van der Waals surface area (Å²) in [6, 6.07) is 10.4. The lowest BCUT2D eigenvalue weighted by atomic mass is 10.2. The molecule has 0 aliphatic carbocycles. The summed E-state index contributed by atoms with van der Waals surface area (Å²) < 4.78 is 36.9. The Hall–Kier alpha value is -2.45. The zero-order valence-electron chi connectivity index (χ0n) is 17.0. The minimum atomic E-state index is -3.82. The van der Waals surface area contributed by atoms with Crippen LogP contribution in [0.5, 0.6) is 11.5 Å². The molecule has 29 heavy (non-hydrogen) atoms. The van der Waals surface area contributed by atoms with E-state index in [1.807, 2.05) is 13.8 Å². The molecule has 2 aromatic carbocycles. The van der Waals surface area contributed by atoms with Gasteiger partial charge < -0.3 is 14.8 Å². The van der Waals surface area contributed by atoms with Crippen molar-refractivity contribution in [2.45, 2.75) is 32.9 Å². The Bertz CT molecular complexity index is 979. The van der Waals surface area contributed by atoms with Gasteiger partial charge in [-0.15, -0.1) is 0 Å². The highest BCUT2D eigenvalue weighted by molar-refractivity contribution is 7.92. The molecule has 0 spiro atoms. The van der Waals surface area contributed by atoms with Crippen LogP contribution >= 0.6 is 11.6 Å². The summed E-state index contributed by atoms with van der Waals surface area (Å²) in [7, 11) is -2.40. The van der Waals surface area contributed by atoms with Crippen molar-refractivity contribution in [1.82, 2.24) is 0 Å². The Kier molecular flexibility index (Phi) is 7.37. The normalized spacial score (nSPS) is 12.4. The molecule has 1 N–H and O–H groups in total. The van der Waals surface area contributed by atoms with Crippen LogP contribution in [0.25, 0.3) is 0 Å². The van der Waals surface area contributed by atoms with Crippen molar-refractivity contribution in [3.63, 3.8) is 0 Å². The van der Waals surface area contributed by atoms with E-state index < -0.39 is 22.0 Å². The predicted octanol–water partition coefficient (Wildman–Crippen LogP) is 3.93. The van der Waals surface area contributed by atoms with Gasteiger partial charge in [-0.05, 0) is 51.1 Å². The van der Waals surface area contributed by atoms with E-state index in [1.165, 1.54) is 20.1 Å². The molecular weight excluding hydrogens is 416 g/mol. The van der Waals surface area contributed by atoms with Crippen LogP contribution in [0.3, 0.4) is 0 Å². The van der Waals surface area contributed by atoms with Gasteiger partial charge in [-0.2, -0.15) is 0 Å². The molecule has 7 nitrogen and oxygen atoms in total. The van der Waals surface area contributed by atoms with Crippen LogP contribution in [0.15, 0.2) is 42.5 Å². The first kappa shape index (κ1) is 22.8. The number of ether oxygens (including phenoxy) is 2. The number of carbonyl (C=O) groups excluding carboxylic acids is 1.